The van der Waals surface area contributed by atoms with Crippen molar-refractivity contribution in [3.8, 4) is 0 Å². The molecule has 15 heavy (non-hydrogen) atoms. The first-order valence-corrected chi connectivity index (χ1v) is 4.59. The molecule has 2 N–H and O–H groups in total. The van der Waals surface area contributed by atoms with E-state index < -0.39 is 18.6 Å². The van der Waals surface area contributed by atoms with Crippen molar-refractivity contribution in [2.45, 2.75) is 32.0 Å². The first-order chi connectivity index (χ1) is 6.79. The van der Waals surface area contributed by atoms with Crippen molar-refractivity contribution in [1.82, 2.24) is 9.78 Å². The predicted molar refractivity (Wildman–Crippen MR) is 50.3 cm³/mol. The number of hydrogen-bond donors (Lipinski definition) is 1. The highest BCUT2D eigenvalue weighted by atomic mass is 19.4. The SMILES string of the molecule is Cc1c(CC(N)CC(F)(F)F)cnn1C. The van der Waals surface area contributed by atoms with Crippen molar-refractivity contribution in [2.24, 2.45) is 12.8 Å². The fourth-order valence-electron chi connectivity index (χ4n) is 1.40. The summed E-state index contributed by atoms with van der Waals surface area (Å²) in [5, 5.41) is 3.95. The van der Waals surface area contributed by atoms with Crippen molar-refractivity contribution in [3.05, 3.63) is 17.5 Å². The van der Waals surface area contributed by atoms with Gasteiger partial charge in [-0.25, -0.2) is 0 Å². The Labute approximate surface area is 86.1 Å². The lowest BCUT2D eigenvalue weighted by molar-refractivity contribution is -0.138. The normalized spacial score (nSPS) is 14.3. The smallest absolute Gasteiger partial charge is 0.327 e. The first-order valence-electron chi connectivity index (χ1n) is 4.59. The molecular weight excluding hydrogens is 207 g/mol. The van der Waals surface area contributed by atoms with Gasteiger partial charge < -0.3 is 5.73 Å². The maximum atomic E-state index is 12.0. The highest BCUT2D eigenvalue weighted by Gasteiger charge is 2.30. The van der Waals surface area contributed by atoms with Gasteiger partial charge in [-0.2, -0.15) is 18.3 Å². The Kier molecular flexibility index (Phi) is 3.38. The Balaban J connectivity index is 2.59. The summed E-state index contributed by atoms with van der Waals surface area (Å²) in [7, 11) is 1.74. The van der Waals surface area contributed by atoms with Crippen molar-refractivity contribution in [2.75, 3.05) is 0 Å². The number of nitrogens with two attached hydrogens (primary N) is 1. The van der Waals surface area contributed by atoms with Crippen LogP contribution in [0.25, 0.3) is 0 Å². The predicted octanol–water partition coefficient (Wildman–Crippen LogP) is 1.55. The molecule has 3 nitrogen and oxygen atoms in total. The minimum atomic E-state index is -4.20. The van der Waals surface area contributed by atoms with E-state index in [0.29, 0.717) is 0 Å². The van der Waals surface area contributed by atoms with Crippen molar-refractivity contribution >= 4 is 0 Å². The molecule has 0 aliphatic heterocycles. The third-order valence-electron chi connectivity index (χ3n) is 2.31. The van der Waals surface area contributed by atoms with E-state index in [2.05, 4.69) is 5.10 Å². The third-order valence-corrected chi connectivity index (χ3v) is 2.31. The molecule has 0 saturated heterocycles. The van der Waals surface area contributed by atoms with Gasteiger partial charge in [-0.15, -0.1) is 0 Å². The zero-order valence-corrected chi connectivity index (χ0v) is 8.67. The number of aromatic nitrogens is 2. The largest absolute Gasteiger partial charge is 0.390 e. The van der Waals surface area contributed by atoms with Gasteiger partial charge in [0.05, 0.1) is 12.6 Å². The van der Waals surface area contributed by atoms with E-state index >= 15 is 0 Å². The van der Waals surface area contributed by atoms with Crippen LogP contribution in [0.15, 0.2) is 6.20 Å². The minimum absolute atomic E-state index is 0.208. The molecule has 0 aliphatic rings. The molecule has 0 radical (unpaired) electrons. The average molecular weight is 221 g/mol. The monoisotopic (exact) mass is 221 g/mol. The minimum Gasteiger partial charge on any atom is -0.327 e. The summed E-state index contributed by atoms with van der Waals surface area (Å²) in [5.41, 5.74) is 7.04. The van der Waals surface area contributed by atoms with E-state index in [1.807, 2.05) is 6.92 Å². The molecular formula is C9H14F3N3. The van der Waals surface area contributed by atoms with Crippen molar-refractivity contribution < 1.29 is 13.2 Å². The Hall–Kier alpha value is -1.04. The number of halogens is 3. The van der Waals surface area contributed by atoms with Crippen LogP contribution in [-0.4, -0.2) is 22.0 Å². The van der Waals surface area contributed by atoms with Gasteiger partial charge in [0.2, 0.25) is 0 Å². The molecule has 0 bridgehead atoms. The lowest BCUT2D eigenvalue weighted by Crippen LogP contribution is -2.29. The van der Waals surface area contributed by atoms with Crippen LogP contribution in [0.1, 0.15) is 17.7 Å². The van der Waals surface area contributed by atoms with Gasteiger partial charge in [-0.1, -0.05) is 0 Å². The van der Waals surface area contributed by atoms with Gasteiger partial charge in [-0.3, -0.25) is 4.68 Å². The van der Waals surface area contributed by atoms with Crippen molar-refractivity contribution in [3.63, 3.8) is 0 Å². The Bertz CT molecular complexity index is 330. The number of rotatable bonds is 3. The molecule has 1 aromatic heterocycles. The van der Waals surface area contributed by atoms with E-state index in [9.17, 15) is 13.2 Å². The van der Waals surface area contributed by atoms with Crippen LogP contribution in [0.2, 0.25) is 0 Å². The second-order valence-electron chi connectivity index (χ2n) is 3.66. The van der Waals surface area contributed by atoms with Crippen LogP contribution in [0.4, 0.5) is 13.2 Å². The Morgan fingerprint density at radius 3 is 2.53 bits per heavy atom. The Morgan fingerprint density at radius 2 is 2.13 bits per heavy atom. The van der Waals surface area contributed by atoms with Gasteiger partial charge in [0.15, 0.2) is 0 Å². The molecule has 1 heterocycles. The number of alkyl halides is 3. The molecule has 0 spiro atoms. The Morgan fingerprint density at radius 1 is 1.53 bits per heavy atom. The van der Waals surface area contributed by atoms with Crippen molar-refractivity contribution in [1.29, 1.82) is 0 Å². The lowest BCUT2D eigenvalue weighted by Gasteiger charge is -2.13. The zero-order valence-electron chi connectivity index (χ0n) is 8.67. The van der Waals surface area contributed by atoms with Crippen LogP contribution in [-0.2, 0) is 13.5 Å². The topological polar surface area (TPSA) is 43.8 Å². The van der Waals surface area contributed by atoms with Crippen LogP contribution >= 0.6 is 0 Å². The second-order valence-corrected chi connectivity index (χ2v) is 3.66. The van der Waals surface area contributed by atoms with Gasteiger partial charge in [0.1, 0.15) is 0 Å². The summed E-state index contributed by atoms with van der Waals surface area (Å²) >= 11 is 0. The molecule has 0 amide bonds. The summed E-state index contributed by atoms with van der Waals surface area (Å²) in [6.07, 6.45) is -3.39. The zero-order chi connectivity index (χ0) is 11.6. The van der Waals surface area contributed by atoms with Gasteiger partial charge in [-0.05, 0) is 18.9 Å². The average Bonchev–Trinajstić information content (AvgIpc) is 2.32. The summed E-state index contributed by atoms with van der Waals surface area (Å²) in [5.74, 6) is 0. The molecule has 1 atom stereocenters. The first kappa shape index (κ1) is 12.0. The van der Waals surface area contributed by atoms with Gasteiger partial charge >= 0.3 is 6.18 Å². The highest BCUT2D eigenvalue weighted by Crippen LogP contribution is 2.22. The molecule has 0 fully saturated rings. The van der Waals surface area contributed by atoms with E-state index in [-0.39, 0.29) is 6.42 Å². The van der Waals surface area contributed by atoms with Crippen LogP contribution in [0, 0.1) is 6.92 Å². The molecule has 6 heteroatoms. The number of aryl methyl sites for hydroxylation is 1. The summed E-state index contributed by atoms with van der Waals surface area (Å²) in [4.78, 5) is 0. The van der Waals surface area contributed by atoms with E-state index in [4.69, 9.17) is 5.73 Å². The van der Waals surface area contributed by atoms with Crippen LogP contribution in [0.5, 0.6) is 0 Å². The maximum Gasteiger partial charge on any atom is 0.390 e. The standard InChI is InChI=1S/C9H14F3N3/c1-6-7(5-14-15(6)2)3-8(13)4-9(10,11)12/h5,8H,3-4,13H2,1-2H3. The lowest BCUT2D eigenvalue weighted by atomic mass is 10.1. The summed E-state index contributed by atoms with van der Waals surface area (Å²) < 4.78 is 37.7. The fourth-order valence-corrected chi connectivity index (χ4v) is 1.40. The number of nitrogens with zero attached hydrogens (tertiary/aromatic N) is 2. The molecule has 86 valence electrons. The van der Waals surface area contributed by atoms with Gasteiger partial charge in [0.25, 0.3) is 0 Å². The van der Waals surface area contributed by atoms with E-state index in [0.717, 1.165) is 11.3 Å². The van der Waals surface area contributed by atoms with E-state index in [1.54, 1.807) is 17.9 Å². The number of hydrogen-bond acceptors (Lipinski definition) is 2. The summed E-state index contributed by atoms with van der Waals surface area (Å²) in [6, 6.07) is -0.895. The quantitative estimate of drug-likeness (QED) is 0.841. The highest BCUT2D eigenvalue weighted by molar-refractivity contribution is 5.17. The molecule has 0 saturated carbocycles. The second kappa shape index (κ2) is 4.22. The molecule has 1 unspecified atom stereocenters. The van der Waals surface area contributed by atoms with E-state index in [1.165, 1.54) is 0 Å². The molecule has 1 rings (SSSR count). The molecule has 0 aromatic carbocycles. The fraction of sp³-hybridized carbons (Fsp3) is 0.667. The third kappa shape index (κ3) is 3.54. The summed E-state index contributed by atoms with van der Waals surface area (Å²) in [6.45, 7) is 1.81. The van der Waals surface area contributed by atoms with Gasteiger partial charge in [0, 0.05) is 18.8 Å². The maximum absolute atomic E-state index is 12.0. The molecule has 1 aromatic rings. The molecule has 0 aliphatic carbocycles. The van der Waals surface area contributed by atoms with Crippen LogP contribution < -0.4 is 5.73 Å². The van der Waals surface area contributed by atoms with Crippen LogP contribution in [0.3, 0.4) is 0 Å².